The van der Waals surface area contributed by atoms with Gasteiger partial charge >= 0.3 is 0 Å². The van der Waals surface area contributed by atoms with Crippen LogP contribution in [-0.4, -0.2) is 4.98 Å². The van der Waals surface area contributed by atoms with E-state index in [2.05, 4.69) is 11.1 Å². The average Bonchev–Trinajstić information content (AvgIpc) is 2.40. The molecule has 0 spiro atoms. The fourth-order valence-electron chi connectivity index (χ4n) is 2.21. The first-order valence-electron chi connectivity index (χ1n) is 6.03. The number of aromatic nitrogens is 1. The summed E-state index contributed by atoms with van der Waals surface area (Å²) in [4.78, 5) is 4.29. The minimum Gasteiger partial charge on any atom is -0.383 e. The Labute approximate surface area is 117 Å². The van der Waals surface area contributed by atoms with E-state index in [0.29, 0.717) is 10.6 Å². The molecule has 1 aromatic carbocycles. The molecule has 2 aromatic rings. The van der Waals surface area contributed by atoms with Gasteiger partial charge in [0.25, 0.3) is 0 Å². The van der Waals surface area contributed by atoms with Gasteiger partial charge in [-0.15, -0.1) is 0 Å². The summed E-state index contributed by atoms with van der Waals surface area (Å²) in [5, 5.41) is 9.95. The summed E-state index contributed by atoms with van der Waals surface area (Å²) in [5.41, 5.74) is 9.91. The van der Waals surface area contributed by atoms with Crippen LogP contribution in [0.4, 0.5) is 5.82 Å². The summed E-state index contributed by atoms with van der Waals surface area (Å²) < 4.78 is 0. The highest BCUT2D eigenvalue weighted by Crippen LogP contribution is 2.32. The zero-order chi connectivity index (χ0) is 14.0. The monoisotopic (exact) mass is 271 g/mol. The molecule has 0 saturated carbocycles. The summed E-state index contributed by atoms with van der Waals surface area (Å²) in [6.45, 7) is 3.98. The lowest BCUT2D eigenvalue weighted by molar-refractivity contribution is 1.01. The number of rotatable bonds is 2. The number of hydrogen-bond donors (Lipinski definition) is 1. The molecule has 3 nitrogen and oxygen atoms in total. The quantitative estimate of drug-likeness (QED) is 0.905. The molecule has 2 rings (SSSR count). The van der Waals surface area contributed by atoms with Crippen molar-refractivity contribution >= 4 is 17.4 Å². The number of halogens is 1. The number of nitrogen functional groups attached to an aromatic ring is 1. The molecule has 19 heavy (non-hydrogen) atoms. The third-order valence-corrected chi connectivity index (χ3v) is 3.36. The second kappa shape index (κ2) is 5.29. The second-order valence-electron chi connectivity index (χ2n) is 4.29. The van der Waals surface area contributed by atoms with E-state index in [9.17, 15) is 5.26 Å². The van der Waals surface area contributed by atoms with Crippen molar-refractivity contribution in [2.75, 3.05) is 5.73 Å². The molecule has 0 fully saturated rings. The fourth-order valence-corrected chi connectivity index (χ4v) is 2.40. The van der Waals surface area contributed by atoms with Crippen LogP contribution in [0.5, 0.6) is 0 Å². The number of nitrogens with zero attached hydrogens (tertiary/aromatic N) is 2. The predicted octanol–water partition coefficient (Wildman–Crippen LogP) is 3.73. The molecule has 0 amide bonds. The van der Waals surface area contributed by atoms with Gasteiger partial charge in [0.2, 0.25) is 0 Å². The van der Waals surface area contributed by atoms with Crippen molar-refractivity contribution in [3.63, 3.8) is 0 Å². The molecule has 0 bridgehead atoms. The van der Waals surface area contributed by atoms with Gasteiger partial charge in [-0.2, -0.15) is 5.26 Å². The number of hydrogen-bond acceptors (Lipinski definition) is 3. The molecule has 0 aliphatic carbocycles. The number of benzene rings is 1. The van der Waals surface area contributed by atoms with Gasteiger partial charge in [-0.3, -0.25) is 0 Å². The van der Waals surface area contributed by atoms with E-state index in [4.69, 9.17) is 17.3 Å². The fraction of sp³-hybridized carbons (Fsp3) is 0.200. The van der Waals surface area contributed by atoms with E-state index >= 15 is 0 Å². The maximum absolute atomic E-state index is 9.31. The van der Waals surface area contributed by atoms with Crippen LogP contribution in [-0.2, 0) is 6.42 Å². The molecule has 0 atom stereocenters. The number of nitriles is 1. The Morgan fingerprint density at radius 3 is 2.74 bits per heavy atom. The molecule has 0 unspecified atom stereocenters. The van der Waals surface area contributed by atoms with E-state index in [1.54, 1.807) is 6.07 Å². The molecule has 0 radical (unpaired) electrons. The van der Waals surface area contributed by atoms with E-state index < -0.39 is 0 Å². The third kappa shape index (κ3) is 2.40. The van der Waals surface area contributed by atoms with Crippen LogP contribution >= 0.6 is 11.6 Å². The number of anilines is 1. The SMILES string of the molecule is CCc1nc(N)c(C#N)c(-c2cccc(Cl)c2)c1C. The van der Waals surface area contributed by atoms with Gasteiger partial charge < -0.3 is 5.73 Å². The molecule has 1 aromatic heterocycles. The lowest BCUT2D eigenvalue weighted by Crippen LogP contribution is -2.04. The van der Waals surface area contributed by atoms with Gasteiger partial charge in [-0.1, -0.05) is 30.7 Å². The van der Waals surface area contributed by atoms with Crippen LogP contribution in [0, 0.1) is 18.3 Å². The van der Waals surface area contributed by atoms with Crippen molar-refractivity contribution in [3.8, 4) is 17.2 Å². The Bertz CT molecular complexity index is 671. The lowest BCUT2D eigenvalue weighted by atomic mass is 9.94. The molecule has 2 N–H and O–H groups in total. The minimum absolute atomic E-state index is 0.278. The van der Waals surface area contributed by atoms with E-state index in [-0.39, 0.29) is 5.82 Å². The summed E-state index contributed by atoms with van der Waals surface area (Å²) in [5.74, 6) is 0.278. The van der Waals surface area contributed by atoms with Crippen molar-refractivity contribution in [1.29, 1.82) is 5.26 Å². The summed E-state index contributed by atoms with van der Waals surface area (Å²) in [6.07, 6.45) is 0.773. The second-order valence-corrected chi connectivity index (χ2v) is 4.73. The zero-order valence-corrected chi connectivity index (χ0v) is 11.6. The van der Waals surface area contributed by atoms with Gasteiger partial charge in [0, 0.05) is 16.3 Å². The molecule has 4 heteroatoms. The van der Waals surface area contributed by atoms with Gasteiger partial charge in [0.1, 0.15) is 17.5 Å². The summed E-state index contributed by atoms with van der Waals surface area (Å²) in [7, 11) is 0. The number of nitrogens with two attached hydrogens (primary N) is 1. The average molecular weight is 272 g/mol. The largest absolute Gasteiger partial charge is 0.383 e. The van der Waals surface area contributed by atoms with E-state index in [0.717, 1.165) is 28.8 Å². The van der Waals surface area contributed by atoms with Crippen LogP contribution < -0.4 is 5.73 Å². The Kier molecular flexibility index (Phi) is 3.73. The van der Waals surface area contributed by atoms with E-state index in [1.807, 2.05) is 32.0 Å². The highest BCUT2D eigenvalue weighted by Gasteiger charge is 2.16. The first kappa shape index (κ1) is 13.4. The Balaban J connectivity index is 2.81. The molecule has 1 heterocycles. The maximum atomic E-state index is 9.31. The van der Waals surface area contributed by atoms with E-state index in [1.165, 1.54) is 0 Å². The highest BCUT2D eigenvalue weighted by molar-refractivity contribution is 6.30. The number of aryl methyl sites for hydroxylation is 1. The maximum Gasteiger partial charge on any atom is 0.142 e. The minimum atomic E-state index is 0.278. The first-order chi connectivity index (χ1) is 9.08. The third-order valence-electron chi connectivity index (χ3n) is 3.13. The summed E-state index contributed by atoms with van der Waals surface area (Å²) in [6, 6.07) is 9.57. The van der Waals surface area contributed by atoms with Gasteiger partial charge in [0.15, 0.2) is 0 Å². The topological polar surface area (TPSA) is 62.7 Å². The van der Waals surface area contributed by atoms with Crippen LogP contribution in [0.2, 0.25) is 5.02 Å². The van der Waals surface area contributed by atoms with Crippen LogP contribution in [0.3, 0.4) is 0 Å². The predicted molar refractivity (Wildman–Crippen MR) is 77.9 cm³/mol. The van der Waals surface area contributed by atoms with Crippen molar-refractivity contribution in [2.45, 2.75) is 20.3 Å². The van der Waals surface area contributed by atoms with Crippen molar-refractivity contribution < 1.29 is 0 Å². The smallest absolute Gasteiger partial charge is 0.142 e. The number of pyridine rings is 1. The van der Waals surface area contributed by atoms with Gasteiger partial charge in [-0.05, 0) is 36.6 Å². The van der Waals surface area contributed by atoms with Gasteiger partial charge in [-0.25, -0.2) is 4.98 Å². The van der Waals surface area contributed by atoms with Crippen LogP contribution in [0.25, 0.3) is 11.1 Å². The molecule has 0 saturated heterocycles. The molecule has 0 aliphatic heterocycles. The van der Waals surface area contributed by atoms with Crippen molar-refractivity contribution in [2.24, 2.45) is 0 Å². The Morgan fingerprint density at radius 2 is 2.16 bits per heavy atom. The molecular weight excluding hydrogens is 258 g/mol. The first-order valence-corrected chi connectivity index (χ1v) is 6.41. The molecule has 96 valence electrons. The highest BCUT2D eigenvalue weighted by atomic mass is 35.5. The van der Waals surface area contributed by atoms with Crippen molar-refractivity contribution in [3.05, 3.63) is 46.1 Å². The normalized spacial score (nSPS) is 10.2. The van der Waals surface area contributed by atoms with Crippen LogP contribution in [0.15, 0.2) is 24.3 Å². The molecule has 0 aliphatic rings. The standard InChI is InChI=1S/C15H14ClN3/c1-3-13-9(2)14(12(8-17)15(18)19-13)10-5-4-6-11(16)7-10/h4-7H,3H2,1-2H3,(H2,18,19). The Morgan fingerprint density at radius 1 is 1.42 bits per heavy atom. The molecular formula is C15H14ClN3. The summed E-state index contributed by atoms with van der Waals surface area (Å²) >= 11 is 6.03. The zero-order valence-electron chi connectivity index (χ0n) is 10.9. The van der Waals surface area contributed by atoms with Crippen LogP contribution in [0.1, 0.15) is 23.7 Å². The van der Waals surface area contributed by atoms with Crippen molar-refractivity contribution in [1.82, 2.24) is 4.98 Å². The van der Waals surface area contributed by atoms with Gasteiger partial charge in [0.05, 0.1) is 0 Å². The Hall–Kier alpha value is -2.05. The lowest BCUT2D eigenvalue weighted by Gasteiger charge is -2.14.